The Labute approximate surface area is 162 Å². The van der Waals surface area contributed by atoms with Crippen LogP contribution in [0.25, 0.3) is 0 Å². The van der Waals surface area contributed by atoms with Crippen molar-refractivity contribution in [3.8, 4) is 5.88 Å². The lowest BCUT2D eigenvalue weighted by Gasteiger charge is -2.12. The largest absolute Gasteiger partial charge is 0.478 e. The van der Waals surface area contributed by atoms with E-state index in [2.05, 4.69) is 15.6 Å². The Balaban J connectivity index is 1.70. The number of nitrogens with one attached hydrogen (secondary N) is 2. The molecule has 0 bridgehead atoms. The third kappa shape index (κ3) is 4.56. The Bertz CT molecular complexity index is 968. The number of aryl methyl sites for hydroxylation is 1. The average molecular weight is 379 g/mol. The van der Waals surface area contributed by atoms with Crippen molar-refractivity contribution >= 4 is 17.5 Å². The van der Waals surface area contributed by atoms with E-state index in [9.17, 15) is 9.59 Å². The quantitative estimate of drug-likeness (QED) is 0.655. The van der Waals surface area contributed by atoms with Crippen molar-refractivity contribution in [2.45, 2.75) is 20.4 Å². The van der Waals surface area contributed by atoms with E-state index in [1.807, 2.05) is 19.9 Å². The van der Waals surface area contributed by atoms with Gasteiger partial charge in [0.2, 0.25) is 5.88 Å². The minimum absolute atomic E-state index is 0.203. The van der Waals surface area contributed by atoms with Gasteiger partial charge in [0, 0.05) is 29.6 Å². The number of anilines is 1. The van der Waals surface area contributed by atoms with Crippen LogP contribution in [0.2, 0.25) is 0 Å². The number of aromatic nitrogens is 1. The molecule has 7 nitrogen and oxygen atoms in total. The predicted molar refractivity (Wildman–Crippen MR) is 104 cm³/mol. The van der Waals surface area contributed by atoms with Crippen molar-refractivity contribution in [1.29, 1.82) is 0 Å². The molecule has 0 saturated carbocycles. The first-order valence-electron chi connectivity index (χ1n) is 8.89. The second-order valence-electron chi connectivity index (χ2n) is 6.04. The predicted octanol–water partition coefficient (Wildman–Crippen LogP) is 3.56. The molecule has 0 radical (unpaired) electrons. The lowest BCUT2D eigenvalue weighted by atomic mass is 10.1. The highest BCUT2D eigenvalue weighted by molar-refractivity contribution is 6.03. The monoisotopic (exact) mass is 379 g/mol. The first-order chi connectivity index (χ1) is 13.6. The molecule has 3 aromatic rings. The number of hydrogen-bond acceptors (Lipinski definition) is 5. The molecule has 0 aliphatic carbocycles. The normalized spacial score (nSPS) is 10.4. The second kappa shape index (κ2) is 8.85. The minimum atomic E-state index is -0.373. The van der Waals surface area contributed by atoms with E-state index in [-0.39, 0.29) is 24.1 Å². The molecule has 28 heavy (non-hydrogen) atoms. The molecule has 144 valence electrons. The van der Waals surface area contributed by atoms with Crippen LogP contribution in [0.4, 0.5) is 5.69 Å². The highest BCUT2D eigenvalue weighted by Gasteiger charge is 2.13. The summed E-state index contributed by atoms with van der Waals surface area (Å²) in [5.74, 6) is 0.0667. The molecule has 0 saturated heterocycles. The van der Waals surface area contributed by atoms with Gasteiger partial charge in [-0.2, -0.15) is 0 Å². The number of amides is 2. The summed E-state index contributed by atoms with van der Waals surface area (Å²) in [6.45, 7) is 4.50. The number of nitrogens with zero attached hydrogens (tertiary/aromatic N) is 1. The highest BCUT2D eigenvalue weighted by atomic mass is 16.5. The molecule has 2 N–H and O–H groups in total. The molecule has 2 heterocycles. The number of rotatable bonds is 7. The lowest BCUT2D eigenvalue weighted by molar-refractivity contribution is 0.0948. The number of ether oxygens (including phenoxy) is 1. The fourth-order valence-corrected chi connectivity index (χ4v) is 2.59. The Kier molecular flexibility index (Phi) is 6.06. The van der Waals surface area contributed by atoms with Crippen LogP contribution in [0.3, 0.4) is 0 Å². The molecular formula is C21H21N3O4. The maximum Gasteiger partial charge on any atom is 0.291 e. The van der Waals surface area contributed by atoms with Crippen LogP contribution in [0.5, 0.6) is 5.88 Å². The zero-order valence-corrected chi connectivity index (χ0v) is 15.7. The molecule has 2 aromatic heterocycles. The summed E-state index contributed by atoms with van der Waals surface area (Å²) in [5.41, 5.74) is 2.60. The van der Waals surface area contributed by atoms with Crippen LogP contribution in [0.15, 0.2) is 59.3 Å². The van der Waals surface area contributed by atoms with Crippen molar-refractivity contribution in [2.75, 3.05) is 11.9 Å². The van der Waals surface area contributed by atoms with E-state index < -0.39 is 0 Å². The van der Waals surface area contributed by atoms with Crippen LogP contribution in [-0.2, 0) is 6.54 Å². The summed E-state index contributed by atoms with van der Waals surface area (Å²) in [7, 11) is 0. The maximum absolute atomic E-state index is 12.6. The van der Waals surface area contributed by atoms with E-state index in [0.717, 1.165) is 11.1 Å². The number of hydrogen-bond donors (Lipinski definition) is 2. The molecule has 0 unspecified atom stereocenters. The zero-order chi connectivity index (χ0) is 19.9. The fourth-order valence-electron chi connectivity index (χ4n) is 2.59. The third-order valence-corrected chi connectivity index (χ3v) is 4.06. The summed E-state index contributed by atoms with van der Waals surface area (Å²) >= 11 is 0. The van der Waals surface area contributed by atoms with Crippen molar-refractivity contribution < 1.29 is 18.7 Å². The standard InChI is InChI=1S/C21H21N3O4/c1-3-27-21-16(6-4-10-22-21)13-23-19(25)15-9-8-14(2)17(12-15)24-20(26)18-7-5-11-28-18/h4-12H,3,13H2,1-2H3,(H,23,25)(H,24,26). The van der Waals surface area contributed by atoms with E-state index in [0.29, 0.717) is 23.7 Å². The van der Waals surface area contributed by atoms with E-state index in [4.69, 9.17) is 9.15 Å². The Hall–Kier alpha value is -3.61. The number of carbonyl (C=O) groups excluding carboxylic acids is 2. The lowest BCUT2D eigenvalue weighted by Crippen LogP contribution is -2.23. The summed E-state index contributed by atoms with van der Waals surface area (Å²) in [6.07, 6.45) is 3.07. The van der Waals surface area contributed by atoms with Crippen LogP contribution < -0.4 is 15.4 Å². The summed E-state index contributed by atoms with van der Waals surface area (Å²) in [5, 5.41) is 5.62. The topological polar surface area (TPSA) is 93.5 Å². The summed E-state index contributed by atoms with van der Waals surface area (Å²) in [4.78, 5) is 28.9. The average Bonchev–Trinajstić information content (AvgIpc) is 3.24. The molecule has 7 heteroatoms. The van der Waals surface area contributed by atoms with Gasteiger partial charge in [0.15, 0.2) is 5.76 Å². The number of carbonyl (C=O) groups is 2. The van der Waals surface area contributed by atoms with Gasteiger partial charge >= 0.3 is 0 Å². The molecule has 1 aromatic carbocycles. The molecule has 0 fully saturated rings. The van der Waals surface area contributed by atoms with Gasteiger partial charge in [0.1, 0.15) is 0 Å². The number of furan rings is 1. The van der Waals surface area contributed by atoms with E-state index in [1.165, 1.54) is 6.26 Å². The summed E-state index contributed by atoms with van der Waals surface area (Å²) in [6, 6.07) is 12.0. The number of pyridine rings is 1. The molecule has 2 amide bonds. The Morgan fingerprint density at radius 2 is 2.00 bits per heavy atom. The van der Waals surface area contributed by atoms with Gasteiger partial charge in [-0.05, 0) is 49.7 Å². The first-order valence-corrected chi connectivity index (χ1v) is 8.89. The van der Waals surface area contributed by atoms with E-state index >= 15 is 0 Å². The van der Waals surface area contributed by atoms with Crippen molar-refractivity contribution in [2.24, 2.45) is 0 Å². The number of benzene rings is 1. The van der Waals surface area contributed by atoms with Gasteiger partial charge in [0.25, 0.3) is 11.8 Å². The molecule has 0 aliphatic heterocycles. The smallest absolute Gasteiger partial charge is 0.291 e. The van der Waals surface area contributed by atoms with Gasteiger partial charge < -0.3 is 19.8 Å². The van der Waals surface area contributed by atoms with Gasteiger partial charge in [-0.25, -0.2) is 4.98 Å². The first kappa shape index (κ1) is 19.2. The van der Waals surface area contributed by atoms with Crippen LogP contribution in [0, 0.1) is 6.92 Å². The molecule has 3 rings (SSSR count). The van der Waals surface area contributed by atoms with Crippen molar-refractivity contribution in [1.82, 2.24) is 10.3 Å². The van der Waals surface area contributed by atoms with Gasteiger partial charge in [0.05, 0.1) is 12.9 Å². The van der Waals surface area contributed by atoms with E-state index in [1.54, 1.807) is 42.6 Å². The second-order valence-corrected chi connectivity index (χ2v) is 6.04. The maximum atomic E-state index is 12.6. The SMILES string of the molecule is CCOc1ncccc1CNC(=O)c1ccc(C)c(NC(=O)c2ccco2)c1. The minimum Gasteiger partial charge on any atom is -0.478 e. The van der Waals surface area contributed by atoms with Crippen LogP contribution >= 0.6 is 0 Å². The molecule has 0 aliphatic rings. The molecule has 0 atom stereocenters. The van der Waals surface area contributed by atoms with Gasteiger partial charge in [-0.15, -0.1) is 0 Å². The van der Waals surface area contributed by atoms with Crippen molar-refractivity contribution in [3.05, 3.63) is 77.4 Å². The Morgan fingerprint density at radius 3 is 2.75 bits per heavy atom. The third-order valence-electron chi connectivity index (χ3n) is 4.06. The van der Waals surface area contributed by atoms with Gasteiger partial charge in [-0.1, -0.05) is 12.1 Å². The van der Waals surface area contributed by atoms with Crippen LogP contribution in [0.1, 0.15) is 39.0 Å². The van der Waals surface area contributed by atoms with Crippen molar-refractivity contribution in [3.63, 3.8) is 0 Å². The zero-order valence-electron chi connectivity index (χ0n) is 15.7. The van der Waals surface area contributed by atoms with Crippen LogP contribution in [-0.4, -0.2) is 23.4 Å². The fraction of sp³-hybridized carbons (Fsp3) is 0.190. The molecular weight excluding hydrogens is 358 g/mol. The summed E-state index contributed by atoms with van der Waals surface area (Å²) < 4.78 is 10.6. The molecule has 0 spiro atoms. The highest BCUT2D eigenvalue weighted by Crippen LogP contribution is 2.19. The van der Waals surface area contributed by atoms with Gasteiger partial charge in [-0.3, -0.25) is 9.59 Å². The Morgan fingerprint density at radius 1 is 1.14 bits per heavy atom.